The number of carbonyl (C=O) groups excluding carboxylic acids is 2. The Hall–Kier alpha value is -2.13. The van der Waals surface area contributed by atoms with Crippen LogP contribution in [0.3, 0.4) is 0 Å². The maximum atomic E-state index is 13.4. The van der Waals surface area contributed by atoms with Crippen LogP contribution >= 0.6 is 23.2 Å². The van der Waals surface area contributed by atoms with Gasteiger partial charge in [0.2, 0.25) is 21.8 Å². The second-order valence-corrected chi connectivity index (χ2v) is 11.3. The summed E-state index contributed by atoms with van der Waals surface area (Å²) in [4.78, 5) is 27.8. The van der Waals surface area contributed by atoms with E-state index in [2.05, 4.69) is 5.32 Å². The summed E-state index contributed by atoms with van der Waals surface area (Å²) >= 11 is 12.2. The van der Waals surface area contributed by atoms with Gasteiger partial charge in [-0.25, -0.2) is 8.42 Å². The van der Waals surface area contributed by atoms with Crippen molar-refractivity contribution >= 4 is 45.0 Å². The Morgan fingerprint density at radius 2 is 1.65 bits per heavy atom. The number of benzene rings is 2. The summed E-state index contributed by atoms with van der Waals surface area (Å²) in [6, 6.07) is 10.5. The fourth-order valence-electron chi connectivity index (χ4n) is 3.39. The van der Waals surface area contributed by atoms with E-state index < -0.39 is 28.5 Å². The third-order valence-corrected chi connectivity index (χ3v) is 7.80. The van der Waals surface area contributed by atoms with E-state index >= 15 is 0 Å². The summed E-state index contributed by atoms with van der Waals surface area (Å²) in [7, 11) is -2.55. The molecule has 0 saturated carbocycles. The summed E-state index contributed by atoms with van der Waals surface area (Å²) in [6.07, 6.45) is 0.347. The highest BCUT2D eigenvalue weighted by Crippen LogP contribution is 2.24. The monoisotopic (exact) mass is 527 g/mol. The molecule has 0 aliphatic heterocycles. The Kier molecular flexibility index (Phi) is 9.94. The molecule has 2 rings (SSSR count). The molecule has 0 aliphatic carbocycles. The molecular weight excluding hydrogens is 497 g/mol. The minimum Gasteiger partial charge on any atom is -0.352 e. The van der Waals surface area contributed by atoms with Crippen LogP contribution in [0.1, 0.15) is 38.3 Å². The number of likely N-dealkylation sites (N-methyl/N-ethyl adjacent to an activating group) is 1. The largest absolute Gasteiger partial charge is 0.352 e. The zero-order valence-corrected chi connectivity index (χ0v) is 22.3. The van der Waals surface area contributed by atoms with Crippen molar-refractivity contribution < 1.29 is 18.0 Å². The van der Waals surface area contributed by atoms with Gasteiger partial charge in [0, 0.05) is 19.6 Å². The maximum Gasteiger partial charge on any atom is 0.243 e. The normalized spacial score (nSPS) is 12.6. The van der Waals surface area contributed by atoms with Gasteiger partial charge in [0.15, 0.2) is 0 Å². The maximum absolute atomic E-state index is 13.4. The smallest absolute Gasteiger partial charge is 0.243 e. The summed E-state index contributed by atoms with van der Waals surface area (Å²) in [6.45, 7) is 6.96. The molecule has 0 bridgehead atoms. The van der Waals surface area contributed by atoms with E-state index in [0.717, 1.165) is 9.87 Å². The first kappa shape index (κ1) is 28.1. The number of hydrogen-bond donors (Lipinski definition) is 1. The topological polar surface area (TPSA) is 86.8 Å². The number of nitrogens with one attached hydrogen (secondary N) is 1. The van der Waals surface area contributed by atoms with E-state index in [9.17, 15) is 18.0 Å². The zero-order chi connectivity index (χ0) is 25.6. The van der Waals surface area contributed by atoms with Crippen molar-refractivity contribution in [2.45, 2.75) is 57.6 Å². The standard InChI is InChI=1S/C24H31Cl2N3O4S/c1-6-22(24(31)27-16(2)3)29(14-18-9-12-20(25)21(26)13-18)23(30)15-28(5)34(32,33)19-10-7-17(4)8-11-19/h7-13,16,22H,6,14-15H2,1-5H3,(H,27,31)/t22-/m0/s1. The number of halogens is 2. The molecule has 0 radical (unpaired) electrons. The number of rotatable bonds is 10. The molecule has 2 amide bonds. The average molecular weight is 529 g/mol. The minimum absolute atomic E-state index is 0.0676. The van der Waals surface area contributed by atoms with Crippen molar-refractivity contribution in [1.82, 2.24) is 14.5 Å². The van der Waals surface area contributed by atoms with Crippen molar-refractivity contribution in [3.63, 3.8) is 0 Å². The van der Waals surface area contributed by atoms with Crippen molar-refractivity contribution in [3.8, 4) is 0 Å². The Morgan fingerprint density at radius 1 is 1.03 bits per heavy atom. The molecule has 0 fully saturated rings. The molecule has 0 unspecified atom stereocenters. The molecule has 2 aromatic rings. The van der Waals surface area contributed by atoms with Gasteiger partial charge in [-0.1, -0.05) is 53.9 Å². The number of sulfonamides is 1. The van der Waals surface area contributed by atoms with Crippen LogP contribution < -0.4 is 5.32 Å². The minimum atomic E-state index is -3.89. The first-order valence-electron chi connectivity index (χ1n) is 10.9. The van der Waals surface area contributed by atoms with Gasteiger partial charge in [-0.3, -0.25) is 9.59 Å². The summed E-state index contributed by atoms with van der Waals surface area (Å²) in [5.41, 5.74) is 1.59. The molecule has 7 nitrogen and oxygen atoms in total. The van der Waals surface area contributed by atoms with Crippen molar-refractivity contribution in [2.75, 3.05) is 13.6 Å². The summed E-state index contributed by atoms with van der Waals surface area (Å²) in [5, 5.41) is 3.53. The lowest BCUT2D eigenvalue weighted by molar-refractivity contribution is -0.141. The van der Waals surface area contributed by atoms with Crippen molar-refractivity contribution in [3.05, 3.63) is 63.6 Å². The SMILES string of the molecule is CC[C@@H](C(=O)NC(C)C)N(Cc1ccc(Cl)c(Cl)c1)C(=O)CN(C)S(=O)(=O)c1ccc(C)cc1. The second kappa shape index (κ2) is 12.0. The molecule has 1 N–H and O–H groups in total. The van der Waals surface area contributed by atoms with Gasteiger partial charge in [-0.2, -0.15) is 4.31 Å². The molecule has 0 aliphatic rings. The van der Waals surface area contributed by atoms with Crippen molar-refractivity contribution in [1.29, 1.82) is 0 Å². The summed E-state index contributed by atoms with van der Waals surface area (Å²) in [5.74, 6) is -0.815. The fourth-order valence-corrected chi connectivity index (χ4v) is 4.83. The highest BCUT2D eigenvalue weighted by molar-refractivity contribution is 7.89. The molecular formula is C24H31Cl2N3O4S. The first-order chi connectivity index (χ1) is 15.9. The Labute approximate surface area is 212 Å². The second-order valence-electron chi connectivity index (χ2n) is 8.43. The Balaban J connectivity index is 2.35. The number of hydrogen-bond acceptors (Lipinski definition) is 4. The van der Waals surface area contributed by atoms with Crippen LogP contribution in [0.15, 0.2) is 47.4 Å². The van der Waals surface area contributed by atoms with Crippen LogP contribution in [0.5, 0.6) is 0 Å². The van der Waals surface area contributed by atoms with Crippen LogP contribution in [0.2, 0.25) is 10.0 Å². The van der Waals surface area contributed by atoms with Gasteiger partial charge >= 0.3 is 0 Å². The van der Waals surface area contributed by atoms with Gasteiger partial charge in [-0.05, 0) is 57.0 Å². The lowest BCUT2D eigenvalue weighted by atomic mass is 10.1. The molecule has 0 heterocycles. The lowest BCUT2D eigenvalue weighted by Gasteiger charge is -2.32. The molecule has 0 spiro atoms. The molecule has 1 atom stereocenters. The van der Waals surface area contributed by atoms with E-state index in [0.29, 0.717) is 22.0 Å². The first-order valence-corrected chi connectivity index (χ1v) is 13.1. The van der Waals surface area contributed by atoms with Gasteiger partial charge in [-0.15, -0.1) is 0 Å². The van der Waals surface area contributed by atoms with Gasteiger partial charge in [0.1, 0.15) is 6.04 Å². The fraction of sp³-hybridized carbons (Fsp3) is 0.417. The lowest BCUT2D eigenvalue weighted by Crippen LogP contribution is -2.52. The number of nitrogens with zero attached hydrogens (tertiary/aromatic N) is 2. The molecule has 0 saturated heterocycles. The number of carbonyl (C=O) groups is 2. The highest BCUT2D eigenvalue weighted by atomic mass is 35.5. The third kappa shape index (κ3) is 7.18. The number of amides is 2. The predicted octanol–water partition coefficient (Wildman–Crippen LogP) is 4.25. The van der Waals surface area contributed by atoms with Crippen LogP contribution in [-0.2, 0) is 26.2 Å². The van der Waals surface area contributed by atoms with E-state index in [1.54, 1.807) is 37.3 Å². The molecule has 10 heteroatoms. The Morgan fingerprint density at radius 3 is 2.18 bits per heavy atom. The summed E-state index contributed by atoms with van der Waals surface area (Å²) < 4.78 is 27.0. The Bertz CT molecular complexity index is 1120. The van der Waals surface area contributed by atoms with Crippen LogP contribution in [0, 0.1) is 6.92 Å². The van der Waals surface area contributed by atoms with Gasteiger partial charge < -0.3 is 10.2 Å². The van der Waals surface area contributed by atoms with Gasteiger partial charge in [0.25, 0.3) is 0 Å². The quantitative estimate of drug-likeness (QED) is 0.500. The third-order valence-electron chi connectivity index (χ3n) is 5.24. The molecule has 34 heavy (non-hydrogen) atoms. The highest BCUT2D eigenvalue weighted by Gasteiger charge is 2.32. The predicted molar refractivity (Wildman–Crippen MR) is 135 cm³/mol. The van der Waals surface area contributed by atoms with E-state index in [4.69, 9.17) is 23.2 Å². The van der Waals surface area contributed by atoms with Crippen LogP contribution in [0.25, 0.3) is 0 Å². The average Bonchev–Trinajstić information content (AvgIpc) is 2.75. The van der Waals surface area contributed by atoms with E-state index in [-0.39, 0.29) is 23.4 Å². The van der Waals surface area contributed by atoms with E-state index in [1.165, 1.54) is 24.1 Å². The van der Waals surface area contributed by atoms with Crippen LogP contribution in [0.4, 0.5) is 0 Å². The molecule has 0 aromatic heterocycles. The number of aryl methyl sites for hydroxylation is 1. The molecule has 186 valence electrons. The van der Waals surface area contributed by atoms with Gasteiger partial charge in [0.05, 0.1) is 21.5 Å². The molecule has 2 aromatic carbocycles. The van der Waals surface area contributed by atoms with Crippen molar-refractivity contribution in [2.24, 2.45) is 0 Å². The zero-order valence-electron chi connectivity index (χ0n) is 20.0. The van der Waals surface area contributed by atoms with E-state index in [1.807, 2.05) is 20.8 Å². The van der Waals surface area contributed by atoms with Crippen LogP contribution in [-0.4, -0.2) is 55.1 Å².